The number of benzene rings is 1. The fraction of sp³-hybridized carbons (Fsp3) is 0.385. The third-order valence-corrected chi connectivity index (χ3v) is 2.51. The van der Waals surface area contributed by atoms with Gasteiger partial charge >= 0.3 is 5.97 Å². The Balaban J connectivity index is 2.75. The summed E-state index contributed by atoms with van der Waals surface area (Å²) in [7, 11) is 3.79. The lowest BCUT2D eigenvalue weighted by Gasteiger charge is -2.21. The van der Waals surface area contributed by atoms with Crippen LogP contribution in [0.2, 0.25) is 0 Å². The molecule has 98 valence electrons. The maximum absolute atomic E-state index is 11.5. The summed E-state index contributed by atoms with van der Waals surface area (Å²) in [5.41, 5.74) is 0.967. The minimum atomic E-state index is -0.960. The average Bonchev–Trinajstić information content (AvgIpc) is 2.28. The van der Waals surface area contributed by atoms with Crippen LogP contribution in [-0.4, -0.2) is 48.4 Å². The van der Waals surface area contributed by atoms with E-state index in [0.29, 0.717) is 6.54 Å². The molecule has 2 N–H and O–H groups in total. The summed E-state index contributed by atoms with van der Waals surface area (Å²) in [6.07, 6.45) is 0. The maximum Gasteiger partial charge on any atom is 0.335 e. The van der Waals surface area contributed by atoms with E-state index < -0.39 is 5.97 Å². The molecule has 1 aromatic rings. The molecule has 0 bridgehead atoms. The van der Waals surface area contributed by atoms with E-state index in [4.69, 9.17) is 5.11 Å². The molecule has 0 heterocycles. The summed E-state index contributed by atoms with van der Waals surface area (Å²) < 4.78 is 0. The summed E-state index contributed by atoms with van der Waals surface area (Å²) in [6, 6.07) is 6.05. The minimum absolute atomic E-state index is 0.0472. The lowest BCUT2D eigenvalue weighted by molar-refractivity contribution is -0.118. The predicted molar refractivity (Wildman–Crippen MR) is 70.0 cm³/mol. The minimum Gasteiger partial charge on any atom is -0.478 e. The van der Waals surface area contributed by atoms with E-state index in [1.165, 1.54) is 19.1 Å². The van der Waals surface area contributed by atoms with Crippen molar-refractivity contribution in [3.63, 3.8) is 0 Å². The Morgan fingerprint density at radius 3 is 2.22 bits per heavy atom. The number of nitrogens with one attached hydrogen (secondary N) is 1. The summed E-state index contributed by atoms with van der Waals surface area (Å²) >= 11 is 0. The van der Waals surface area contributed by atoms with Gasteiger partial charge in [0, 0.05) is 12.2 Å². The van der Waals surface area contributed by atoms with Crippen LogP contribution in [0.4, 0.5) is 5.69 Å². The van der Waals surface area contributed by atoms with E-state index >= 15 is 0 Å². The Morgan fingerprint density at radius 2 is 1.83 bits per heavy atom. The highest BCUT2D eigenvalue weighted by atomic mass is 16.4. The van der Waals surface area contributed by atoms with Crippen molar-refractivity contribution in [2.45, 2.75) is 13.0 Å². The zero-order chi connectivity index (χ0) is 13.7. The highest BCUT2D eigenvalue weighted by Crippen LogP contribution is 2.11. The molecule has 18 heavy (non-hydrogen) atoms. The van der Waals surface area contributed by atoms with Gasteiger partial charge in [-0.15, -0.1) is 0 Å². The molecule has 0 aliphatic carbocycles. The molecule has 1 unspecified atom stereocenters. The topological polar surface area (TPSA) is 69.6 Å². The monoisotopic (exact) mass is 250 g/mol. The van der Waals surface area contributed by atoms with Crippen molar-refractivity contribution in [3.05, 3.63) is 29.8 Å². The van der Waals surface area contributed by atoms with E-state index in [9.17, 15) is 9.59 Å². The van der Waals surface area contributed by atoms with Crippen LogP contribution in [0.15, 0.2) is 24.3 Å². The molecule has 1 rings (SSSR count). The third-order valence-electron chi connectivity index (χ3n) is 2.51. The molecule has 0 amide bonds. The largest absolute Gasteiger partial charge is 0.478 e. The standard InChI is InChI=1S/C13H18N2O3/c1-9(16)12(8-15(2)3)14-11-6-4-10(5-7-11)13(17)18/h4-7,12,14H,8H2,1-3H3,(H,17,18). The SMILES string of the molecule is CC(=O)C(CN(C)C)Nc1ccc(C(=O)O)cc1. The average molecular weight is 250 g/mol. The van der Waals surface area contributed by atoms with Gasteiger partial charge in [-0.3, -0.25) is 4.79 Å². The van der Waals surface area contributed by atoms with Crippen LogP contribution in [-0.2, 0) is 4.79 Å². The van der Waals surface area contributed by atoms with Crippen molar-refractivity contribution in [2.75, 3.05) is 26.0 Å². The fourth-order valence-corrected chi connectivity index (χ4v) is 1.55. The van der Waals surface area contributed by atoms with Crippen LogP contribution in [0.3, 0.4) is 0 Å². The molecule has 0 radical (unpaired) electrons. The Morgan fingerprint density at radius 1 is 1.28 bits per heavy atom. The van der Waals surface area contributed by atoms with Gasteiger partial charge in [0.2, 0.25) is 0 Å². The Labute approximate surface area is 106 Å². The van der Waals surface area contributed by atoms with E-state index in [2.05, 4.69) is 5.32 Å². The smallest absolute Gasteiger partial charge is 0.335 e. The number of Topliss-reactive ketones (excluding diaryl/α,β-unsaturated/α-hetero) is 1. The normalized spacial score (nSPS) is 12.2. The first-order valence-corrected chi connectivity index (χ1v) is 5.65. The van der Waals surface area contributed by atoms with Crippen LogP contribution in [0.5, 0.6) is 0 Å². The number of nitrogens with zero attached hydrogens (tertiary/aromatic N) is 1. The van der Waals surface area contributed by atoms with E-state index in [1.807, 2.05) is 19.0 Å². The van der Waals surface area contributed by atoms with E-state index in [0.717, 1.165) is 5.69 Å². The zero-order valence-corrected chi connectivity index (χ0v) is 10.8. The maximum atomic E-state index is 11.5. The van der Waals surface area contributed by atoms with Gasteiger partial charge in [-0.1, -0.05) is 0 Å². The van der Waals surface area contributed by atoms with Gasteiger partial charge in [-0.05, 0) is 45.3 Å². The molecule has 5 nitrogen and oxygen atoms in total. The van der Waals surface area contributed by atoms with Gasteiger partial charge in [-0.2, -0.15) is 0 Å². The Hall–Kier alpha value is -1.88. The first-order valence-electron chi connectivity index (χ1n) is 5.65. The molecule has 0 aromatic heterocycles. The predicted octanol–water partition coefficient (Wildman–Crippen LogP) is 1.32. The van der Waals surface area contributed by atoms with E-state index in [1.54, 1.807) is 12.1 Å². The number of hydrogen-bond donors (Lipinski definition) is 2. The van der Waals surface area contributed by atoms with Crippen molar-refractivity contribution in [1.82, 2.24) is 4.90 Å². The number of anilines is 1. The van der Waals surface area contributed by atoms with Crippen LogP contribution < -0.4 is 5.32 Å². The zero-order valence-electron chi connectivity index (χ0n) is 10.8. The summed E-state index contributed by atoms with van der Waals surface area (Å²) in [5.74, 6) is -0.913. The van der Waals surface area contributed by atoms with Gasteiger partial charge in [0.25, 0.3) is 0 Å². The van der Waals surface area contributed by atoms with Crippen LogP contribution in [0.1, 0.15) is 17.3 Å². The molecule has 1 aromatic carbocycles. The molecule has 0 aliphatic rings. The highest BCUT2D eigenvalue weighted by Gasteiger charge is 2.14. The summed E-state index contributed by atoms with van der Waals surface area (Å²) in [4.78, 5) is 24.1. The molecule has 0 spiro atoms. The summed E-state index contributed by atoms with van der Waals surface area (Å²) in [5, 5.41) is 11.9. The quantitative estimate of drug-likeness (QED) is 0.796. The number of hydrogen-bond acceptors (Lipinski definition) is 4. The highest BCUT2D eigenvalue weighted by molar-refractivity contribution is 5.88. The van der Waals surface area contributed by atoms with E-state index in [-0.39, 0.29) is 17.4 Å². The number of carboxylic acids is 1. The lowest BCUT2D eigenvalue weighted by atomic mass is 10.1. The molecule has 5 heteroatoms. The molecule has 1 atom stereocenters. The van der Waals surface area contributed by atoms with Crippen LogP contribution >= 0.6 is 0 Å². The second-order valence-electron chi connectivity index (χ2n) is 4.45. The number of ketones is 1. The van der Waals surface area contributed by atoms with Crippen molar-refractivity contribution < 1.29 is 14.7 Å². The van der Waals surface area contributed by atoms with Crippen molar-refractivity contribution in [1.29, 1.82) is 0 Å². The van der Waals surface area contributed by atoms with Crippen molar-refractivity contribution in [3.8, 4) is 0 Å². The second kappa shape index (κ2) is 6.16. The fourth-order valence-electron chi connectivity index (χ4n) is 1.55. The summed E-state index contributed by atoms with van der Waals surface area (Å²) in [6.45, 7) is 2.13. The number of carbonyl (C=O) groups excluding carboxylic acids is 1. The molecular weight excluding hydrogens is 232 g/mol. The molecular formula is C13H18N2O3. The van der Waals surface area contributed by atoms with Gasteiger partial charge in [0.05, 0.1) is 11.6 Å². The molecule has 0 aliphatic heterocycles. The van der Waals surface area contributed by atoms with Gasteiger partial charge < -0.3 is 15.3 Å². The van der Waals surface area contributed by atoms with Crippen LogP contribution in [0.25, 0.3) is 0 Å². The Bertz CT molecular complexity index is 426. The second-order valence-corrected chi connectivity index (χ2v) is 4.45. The Kier molecular flexibility index (Phi) is 4.85. The third kappa shape index (κ3) is 4.18. The number of aromatic carboxylic acids is 1. The molecule has 0 fully saturated rings. The molecule has 0 saturated carbocycles. The number of carboxylic acid groups (broad SMARTS) is 1. The van der Waals surface area contributed by atoms with Crippen molar-refractivity contribution in [2.24, 2.45) is 0 Å². The number of rotatable bonds is 6. The first-order chi connectivity index (χ1) is 8.40. The lowest BCUT2D eigenvalue weighted by Crippen LogP contribution is -2.37. The number of likely N-dealkylation sites (N-methyl/N-ethyl adjacent to an activating group) is 1. The van der Waals surface area contributed by atoms with Crippen molar-refractivity contribution >= 4 is 17.4 Å². The van der Waals surface area contributed by atoms with Gasteiger partial charge in [-0.25, -0.2) is 4.79 Å². The molecule has 0 saturated heterocycles. The van der Waals surface area contributed by atoms with Gasteiger partial charge in [0.15, 0.2) is 5.78 Å². The first kappa shape index (κ1) is 14.2. The number of carbonyl (C=O) groups is 2. The van der Waals surface area contributed by atoms with Gasteiger partial charge in [0.1, 0.15) is 0 Å². The van der Waals surface area contributed by atoms with Crippen LogP contribution in [0, 0.1) is 0 Å².